The van der Waals surface area contributed by atoms with Crippen LogP contribution in [0, 0.1) is 0 Å². The highest BCUT2D eigenvalue weighted by molar-refractivity contribution is 8.03. The van der Waals surface area contributed by atoms with E-state index in [0.29, 0.717) is 24.5 Å². The molecule has 1 rings (SSSR count). The lowest BCUT2D eigenvalue weighted by molar-refractivity contribution is -0.139. The van der Waals surface area contributed by atoms with Crippen LogP contribution in [0.1, 0.15) is 25.3 Å². The smallest absolute Gasteiger partial charge is 0.373 e. The van der Waals surface area contributed by atoms with Crippen LogP contribution in [0.3, 0.4) is 0 Å². The van der Waals surface area contributed by atoms with Crippen LogP contribution in [0.5, 0.6) is 0 Å². The van der Waals surface area contributed by atoms with Gasteiger partial charge in [0, 0.05) is 16.4 Å². The molecule has 0 aromatic heterocycles. The number of alkyl halides is 3. The van der Waals surface area contributed by atoms with Gasteiger partial charge in [0.25, 0.3) is 0 Å². The van der Waals surface area contributed by atoms with Crippen LogP contribution in [-0.2, 0) is 10.9 Å². The normalized spacial score (nSPS) is 13.2. The minimum atomic E-state index is -4.38. The zero-order valence-corrected chi connectivity index (χ0v) is 12.8. The van der Waals surface area contributed by atoms with Crippen LogP contribution < -0.4 is 5.73 Å². The topological polar surface area (TPSA) is 35.2 Å². The summed E-state index contributed by atoms with van der Waals surface area (Å²) in [4.78, 5) is 0.683. The maximum atomic E-state index is 13.0. The summed E-state index contributed by atoms with van der Waals surface area (Å²) in [6.07, 6.45) is -3.34. The summed E-state index contributed by atoms with van der Waals surface area (Å²) >= 11 is 1.00. The summed E-state index contributed by atoms with van der Waals surface area (Å²) in [5, 5.41) is 0. The Morgan fingerprint density at radius 2 is 2.05 bits per heavy atom. The van der Waals surface area contributed by atoms with E-state index in [0.717, 1.165) is 24.2 Å². The standard InChI is InChI=1S/C15H20F3NOS/c1-3-10-20-13(8-9-19)11(2)21-14-7-5-4-6-12(14)15(16,17)18/h4-7,13H,2-3,8-10,19H2,1H3. The van der Waals surface area contributed by atoms with E-state index in [1.807, 2.05) is 6.92 Å². The quantitative estimate of drug-likeness (QED) is 0.719. The average Bonchev–Trinajstić information content (AvgIpc) is 2.42. The van der Waals surface area contributed by atoms with E-state index >= 15 is 0 Å². The largest absolute Gasteiger partial charge is 0.417 e. The Balaban J connectivity index is 2.86. The molecule has 0 fully saturated rings. The van der Waals surface area contributed by atoms with Crippen LogP contribution in [0.15, 0.2) is 40.6 Å². The second kappa shape index (κ2) is 8.46. The second-order valence-corrected chi connectivity index (χ2v) is 5.67. The van der Waals surface area contributed by atoms with Crippen LogP contribution >= 0.6 is 11.8 Å². The summed E-state index contributed by atoms with van der Waals surface area (Å²) in [5.41, 5.74) is 4.87. The van der Waals surface area contributed by atoms with Crippen molar-refractivity contribution in [3.05, 3.63) is 41.3 Å². The molecular weight excluding hydrogens is 299 g/mol. The van der Waals surface area contributed by atoms with Gasteiger partial charge in [-0.05, 0) is 31.5 Å². The average molecular weight is 319 g/mol. The van der Waals surface area contributed by atoms with E-state index in [4.69, 9.17) is 10.5 Å². The van der Waals surface area contributed by atoms with Crippen LogP contribution in [0.25, 0.3) is 0 Å². The SMILES string of the molecule is C=C(Sc1ccccc1C(F)(F)F)C(CCN)OCCC. The van der Waals surface area contributed by atoms with E-state index in [2.05, 4.69) is 6.58 Å². The predicted molar refractivity (Wildman–Crippen MR) is 80.1 cm³/mol. The van der Waals surface area contributed by atoms with Crippen molar-refractivity contribution in [2.75, 3.05) is 13.2 Å². The third-order valence-corrected chi connectivity index (χ3v) is 3.85. The predicted octanol–water partition coefficient (Wildman–Crippen LogP) is 4.46. The van der Waals surface area contributed by atoms with E-state index in [-0.39, 0.29) is 11.0 Å². The molecule has 0 heterocycles. The van der Waals surface area contributed by atoms with Crippen molar-refractivity contribution in [2.45, 2.75) is 36.9 Å². The summed E-state index contributed by atoms with van der Waals surface area (Å²) < 4.78 is 44.5. The zero-order valence-electron chi connectivity index (χ0n) is 12.0. The fraction of sp³-hybridized carbons (Fsp3) is 0.467. The lowest BCUT2D eigenvalue weighted by Gasteiger charge is -2.20. The lowest BCUT2D eigenvalue weighted by atomic mass is 10.2. The van der Waals surface area contributed by atoms with E-state index in [1.165, 1.54) is 12.1 Å². The van der Waals surface area contributed by atoms with Crippen molar-refractivity contribution in [3.63, 3.8) is 0 Å². The molecule has 6 heteroatoms. The van der Waals surface area contributed by atoms with Crippen molar-refractivity contribution in [1.82, 2.24) is 0 Å². The number of nitrogens with two attached hydrogens (primary N) is 1. The first-order valence-electron chi connectivity index (χ1n) is 6.74. The summed E-state index contributed by atoms with van der Waals surface area (Å²) in [7, 11) is 0. The second-order valence-electron chi connectivity index (χ2n) is 4.50. The molecule has 1 aromatic rings. The minimum Gasteiger partial charge on any atom is -0.373 e. The Kier molecular flexibility index (Phi) is 7.28. The highest BCUT2D eigenvalue weighted by atomic mass is 32.2. The van der Waals surface area contributed by atoms with Gasteiger partial charge in [0.1, 0.15) is 0 Å². The molecule has 21 heavy (non-hydrogen) atoms. The molecule has 0 saturated carbocycles. The van der Waals surface area contributed by atoms with Crippen molar-refractivity contribution < 1.29 is 17.9 Å². The maximum Gasteiger partial charge on any atom is 0.417 e. The van der Waals surface area contributed by atoms with Gasteiger partial charge < -0.3 is 10.5 Å². The molecular formula is C15H20F3NOS. The lowest BCUT2D eigenvalue weighted by Crippen LogP contribution is -2.19. The molecule has 2 nitrogen and oxygen atoms in total. The molecule has 1 aromatic carbocycles. The van der Waals surface area contributed by atoms with Gasteiger partial charge in [0.05, 0.1) is 11.7 Å². The number of thioether (sulfide) groups is 1. The third kappa shape index (κ3) is 5.73. The van der Waals surface area contributed by atoms with Gasteiger partial charge in [-0.3, -0.25) is 0 Å². The molecule has 118 valence electrons. The van der Waals surface area contributed by atoms with Crippen molar-refractivity contribution >= 4 is 11.8 Å². The van der Waals surface area contributed by atoms with Crippen molar-refractivity contribution in [2.24, 2.45) is 5.73 Å². The Bertz CT molecular complexity index is 462. The van der Waals surface area contributed by atoms with Crippen LogP contribution in [-0.4, -0.2) is 19.3 Å². The van der Waals surface area contributed by atoms with Gasteiger partial charge in [0.2, 0.25) is 0 Å². The number of hydrogen-bond acceptors (Lipinski definition) is 3. The van der Waals surface area contributed by atoms with Gasteiger partial charge in [-0.2, -0.15) is 13.2 Å². The molecule has 0 bridgehead atoms. The monoisotopic (exact) mass is 319 g/mol. The molecule has 0 aliphatic carbocycles. The van der Waals surface area contributed by atoms with Crippen LogP contribution in [0.4, 0.5) is 13.2 Å². The van der Waals surface area contributed by atoms with E-state index < -0.39 is 11.7 Å². The summed E-state index contributed by atoms with van der Waals surface area (Å²) in [6, 6.07) is 5.47. The first-order valence-corrected chi connectivity index (χ1v) is 7.56. The number of ether oxygens (including phenoxy) is 1. The van der Waals surface area contributed by atoms with Gasteiger partial charge >= 0.3 is 6.18 Å². The zero-order chi connectivity index (χ0) is 15.9. The summed E-state index contributed by atoms with van der Waals surface area (Å²) in [6.45, 7) is 6.76. The van der Waals surface area contributed by atoms with Gasteiger partial charge in [-0.25, -0.2) is 0 Å². The number of rotatable bonds is 8. The minimum absolute atomic E-state index is 0.136. The Hall–Kier alpha value is -0.980. The number of hydrogen-bond donors (Lipinski definition) is 1. The third-order valence-electron chi connectivity index (χ3n) is 2.74. The van der Waals surface area contributed by atoms with E-state index in [9.17, 15) is 13.2 Å². The van der Waals surface area contributed by atoms with Gasteiger partial charge in [-0.1, -0.05) is 37.4 Å². The molecule has 2 N–H and O–H groups in total. The first-order chi connectivity index (χ1) is 9.90. The Labute approximate surface area is 127 Å². The maximum absolute atomic E-state index is 13.0. The van der Waals surface area contributed by atoms with Crippen LogP contribution in [0.2, 0.25) is 0 Å². The number of halogens is 3. The molecule has 1 atom stereocenters. The molecule has 0 spiro atoms. The Morgan fingerprint density at radius 1 is 1.38 bits per heavy atom. The molecule has 0 radical (unpaired) electrons. The summed E-state index contributed by atoms with van der Waals surface area (Å²) in [5.74, 6) is 0. The van der Waals surface area contributed by atoms with Crippen molar-refractivity contribution in [1.29, 1.82) is 0 Å². The highest BCUT2D eigenvalue weighted by Gasteiger charge is 2.33. The Morgan fingerprint density at radius 3 is 2.62 bits per heavy atom. The molecule has 0 aliphatic rings. The van der Waals surface area contributed by atoms with Gasteiger partial charge in [0.15, 0.2) is 0 Å². The molecule has 0 saturated heterocycles. The fourth-order valence-electron chi connectivity index (χ4n) is 1.75. The molecule has 0 aliphatic heterocycles. The fourth-order valence-corrected chi connectivity index (χ4v) is 2.79. The molecule has 0 amide bonds. The number of benzene rings is 1. The van der Waals surface area contributed by atoms with Gasteiger partial charge in [-0.15, -0.1) is 0 Å². The molecule has 1 unspecified atom stereocenters. The van der Waals surface area contributed by atoms with E-state index in [1.54, 1.807) is 6.07 Å². The highest BCUT2D eigenvalue weighted by Crippen LogP contribution is 2.40. The van der Waals surface area contributed by atoms with Crippen molar-refractivity contribution in [3.8, 4) is 0 Å². The first kappa shape index (κ1) is 18.1.